The van der Waals surface area contributed by atoms with E-state index in [1.807, 2.05) is 4.90 Å². The molecule has 0 saturated carbocycles. The van der Waals surface area contributed by atoms with Crippen LogP contribution >= 0.6 is 11.3 Å². The molecule has 0 bridgehead atoms. The minimum absolute atomic E-state index is 0.00877. The van der Waals surface area contributed by atoms with Crippen molar-refractivity contribution in [2.75, 3.05) is 18.4 Å². The smallest absolute Gasteiger partial charge is 0.262 e. The summed E-state index contributed by atoms with van der Waals surface area (Å²) < 4.78 is 33.7. The van der Waals surface area contributed by atoms with E-state index < -0.39 is 10.0 Å². The van der Waals surface area contributed by atoms with Crippen LogP contribution in [0.15, 0.2) is 64.9 Å². The average Bonchev–Trinajstić information content (AvgIpc) is 3.27. The Morgan fingerprint density at radius 2 is 2.00 bits per heavy atom. The number of hydrogen-bond acceptors (Lipinski definition) is 5. The van der Waals surface area contributed by atoms with Gasteiger partial charge in [0.15, 0.2) is 0 Å². The minimum Gasteiger partial charge on any atom is -0.495 e. The molecule has 0 aliphatic carbocycles. The van der Waals surface area contributed by atoms with Gasteiger partial charge in [0.25, 0.3) is 15.9 Å². The third kappa shape index (κ3) is 4.18. The number of ether oxygens (including phenoxy) is 1. The van der Waals surface area contributed by atoms with Crippen molar-refractivity contribution >= 4 is 33.0 Å². The van der Waals surface area contributed by atoms with E-state index >= 15 is 0 Å². The van der Waals surface area contributed by atoms with Crippen LogP contribution < -0.4 is 9.46 Å². The number of fused-ring (bicyclic) bond motifs is 1. The molecule has 162 valence electrons. The summed E-state index contributed by atoms with van der Waals surface area (Å²) in [4.78, 5) is 16.5. The first kappa shape index (κ1) is 21.4. The Bertz CT molecular complexity index is 1200. The van der Waals surface area contributed by atoms with Crippen molar-refractivity contribution < 1.29 is 17.9 Å². The maximum Gasteiger partial charge on any atom is 0.262 e. The fourth-order valence-electron chi connectivity index (χ4n) is 3.97. The Kier molecular flexibility index (Phi) is 6.02. The molecule has 1 N–H and O–H groups in total. The van der Waals surface area contributed by atoms with E-state index in [0.29, 0.717) is 23.5 Å². The van der Waals surface area contributed by atoms with E-state index in [9.17, 15) is 13.2 Å². The quantitative estimate of drug-likeness (QED) is 0.583. The summed E-state index contributed by atoms with van der Waals surface area (Å²) in [6.07, 6.45) is 1.63. The third-order valence-electron chi connectivity index (χ3n) is 5.49. The third-order valence-corrected chi connectivity index (χ3v) is 7.84. The number of amides is 1. The molecular weight excluding hydrogens is 432 g/mol. The summed E-state index contributed by atoms with van der Waals surface area (Å²) in [5.74, 6) is 0.266. The predicted molar refractivity (Wildman–Crippen MR) is 122 cm³/mol. The first-order valence-electron chi connectivity index (χ1n) is 10.1. The van der Waals surface area contributed by atoms with Gasteiger partial charge in [-0.1, -0.05) is 25.1 Å². The number of nitrogens with zero attached hydrogens (tertiary/aromatic N) is 1. The summed E-state index contributed by atoms with van der Waals surface area (Å²) in [5, 5.41) is 2.07. The van der Waals surface area contributed by atoms with Gasteiger partial charge < -0.3 is 9.64 Å². The first-order chi connectivity index (χ1) is 14.9. The number of nitrogens with one attached hydrogen (secondary N) is 1. The molecule has 0 radical (unpaired) electrons. The molecule has 1 atom stereocenters. The lowest BCUT2D eigenvalue weighted by molar-refractivity contribution is 0.0657. The first-order valence-corrected chi connectivity index (χ1v) is 12.4. The van der Waals surface area contributed by atoms with Gasteiger partial charge >= 0.3 is 0 Å². The molecule has 4 rings (SSSR count). The summed E-state index contributed by atoms with van der Waals surface area (Å²) in [5.41, 5.74) is 1.91. The van der Waals surface area contributed by atoms with Gasteiger partial charge in [0.2, 0.25) is 0 Å². The monoisotopic (exact) mass is 456 g/mol. The van der Waals surface area contributed by atoms with E-state index in [1.54, 1.807) is 47.7 Å². The molecule has 0 saturated heterocycles. The van der Waals surface area contributed by atoms with Crippen LogP contribution in [0, 0.1) is 0 Å². The Morgan fingerprint density at radius 1 is 1.19 bits per heavy atom. The van der Waals surface area contributed by atoms with Gasteiger partial charge in [-0.2, -0.15) is 0 Å². The number of methoxy groups -OCH3 is 1. The van der Waals surface area contributed by atoms with Crippen LogP contribution in [0.5, 0.6) is 5.75 Å². The fourth-order valence-corrected chi connectivity index (χ4v) is 6.02. The molecule has 1 unspecified atom stereocenters. The Balaban J connectivity index is 1.61. The number of rotatable bonds is 6. The largest absolute Gasteiger partial charge is 0.495 e. The van der Waals surface area contributed by atoms with Crippen molar-refractivity contribution in [2.24, 2.45) is 0 Å². The molecular formula is C23H24N2O4S2. The van der Waals surface area contributed by atoms with E-state index in [2.05, 4.69) is 23.1 Å². The van der Waals surface area contributed by atoms with Crippen LogP contribution in [0.4, 0.5) is 5.69 Å². The molecule has 3 aromatic rings. The zero-order valence-corrected chi connectivity index (χ0v) is 19.0. The Hall–Kier alpha value is -2.84. The molecule has 2 heterocycles. The fraction of sp³-hybridized carbons (Fsp3) is 0.261. The van der Waals surface area contributed by atoms with Gasteiger partial charge in [0.1, 0.15) is 5.75 Å². The molecule has 1 amide bonds. The maximum absolute atomic E-state index is 13.3. The van der Waals surface area contributed by atoms with Crippen LogP contribution in [0.1, 0.15) is 40.2 Å². The van der Waals surface area contributed by atoms with Crippen molar-refractivity contribution in [3.05, 3.63) is 76.0 Å². The van der Waals surface area contributed by atoms with Crippen molar-refractivity contribution in [3.8, 4) is 5.75 Å². The topological polar surface area (TPSA) is 75.7 Å². The number of para-hydroxylation sites is 2. The van der Waals surface area contributed by atoms with Crippen LogP contribution in [0.25, 0.3) is 0 Å². The lowest BCUT2D eigenvalue weighted by Gasteiger charge is -2.35. The molecule has 31 heavy (non-hydrogen) atoms. The van der Waals surface area contributed by atoms with Crippen LogP contribution in [0.2, 0.25) is 0 Å². The SMILES string of the molecule is CCC1c2ccsc2CCN1C(=O)c1cccc(S(=O)(=O)Nc2ccccc2OC)c1. The second kappa shape index (κ2) is 8.72. The van der Waals surface area contributed by atoms with Crippen LogP contribution in [0.3, 0.4) is 0 Å². The highest BCUT2D eigenvalue weighted by Gasteiger charge is 2.31. The summed E-state index contributed by atoms with van der Waals surface area (Å²) in [6, 6.07) is 15.1. The normalized spacial score (nSPS) is 15.9. The number of sulfonamides is 1. The highest BCUT2D eigenvalue weighted by molar-refractivity contribution is 7.92. The molecule has 1 aliphatic heterocycles. The van der Waals surface area contributed by atoms with Gasteiger partial charge in [-0.3, -0.25) is 9.52 Å². The zero-order valence-electron chi connectivity index (χ0n) is 17.4. The number of benzene rings is 2. The van der Waals surface area contributed by atoms with Gasteiger partial charge in [-0.05, 0) is 60.2 Å². The minimum atomic E-state index is -3.89. The molecule has 0 spiro atoms. The van der Waals surface area contributed by atoms with Crippen molar-refractivity contribution in [2.45, 2.75) is 30.7 Å². The van der Waals surface area contributed by atoms with E-state index in [0.717, 1.165) is 12.8 Å². The van der Waals surface area contributed by atoms with Crippen molar-refractivity contribution in [1.82, 2.24) is 4.90 Å². The number of anilines is 1. The average molecular weight is 457 g/mol. The number of thiophene rings is 1. The second-order valence-electron chi connectivity index (χ2n) is 7.31. The Morgan fingerprint density at radius 3 is 2.77 bits per heavy atom. The van der Waals surface area contributed by atoms with Gasteiger partial charge in [0.05, 0.1) is 23.7 Å². The van der Waals surface area contributed by atoms with Gasteiger partial charge in [0, 0.05) is 17.0 Å². The summed E-state index contributed by atoms with van der Waals surface area (Å²) in [7, 11) is -2.41. The Labute approximate surface area is 186 Å². The van der Waals surface area contributed by atoms with E-state index in [-0.39, 0.29) is 16.8 Å². The summed E-state index contributed by atoms with van der Waals surface area (Å²) in [6.45, 7) is 2.69. The number of hydrogen-bond donors (Lipinski definition) is 1. The molecule has 6 nitrogen and oxygen atoms in total. The maximum atomic E-state index is 13.3. The van der Waals surface area contributed by atoms with Gasteiger partial charge in [-0.15, -0.1) is 11.3 Å². The number of carbonyl (C=O) groups is 1. The zero-order chi connectivity index (χ0) is 22.0. The van der Waals surface area contributed by atoms with Crippen LogP contribution in [-0.4, -0.2) is 32.9 Å². The molecule has 2 aromatic carbocycles. The molecule has 8 heteroatoms. The lowest BCUT2D eigenvalue weighted by Crippen LogP contribution is -2.39. The van der Waals surface area contributed by atoms with Crippen LogP contribution in [-0.2, 0) is 16.4 Å². The van der Waals surface area contributed by atoms with Crippen molar-refractivity contribution in [3.63, 3.8) is 0 Å². The van der Waals surface area contributed by atoms with E-state index in [1.165, 1.54) is 29.7 Å². The molecule has 1 aromatic heterocycles. The van der Waals surface area contributed by atoms with E-state index in [4.69, 9.17) is 4.74 Å². The lowest BCUT2D eigenvalue weighted by atomic mass is 9.97. The summed E-state index contributed by atoms with van der Waals surface area (Å²) >= 11 is 1.73. The number of carbonyl (C=O) groups excluding carboxylic acids is 1. The van der Waals surface area contributed by atoms with Crippen molar-refractivity contribution in [1.29, 1.82) is 0 Å². The standard InChI is InChI=1S/C23H24N2O4S2/c1-3-20-18-12-14-30-22(18)11-13-25(20)23(26)16-7-6-8-17(15-16)31(27,28)24-19-9-4-5-10-21(19)29-2/h4-10,12,14-15,20,24H,3,11,13H2,1-2H3. The second-order valence-corrected chi connectivity index (χ2v) is 9.99. The highest BCUT2D eigenvalue weighted by atomic mass is 32.2. The molecule has 1 aliphatic rings. The van der Waals surface area contributed by atoms with Gasteiger partial charge in [-0.25, -0.2) is 8.42 Å². The molecule has 0 fully saturated rings. The highest BCUT2D eigenvalue weighted by Crippen LogP contribution is 2.36. The predicted octanol–water partition coefficient (Wildman–Crippen LogP) is 4.71.